The molecule has 7 atom stereocenters. The Kier molecular flexibility index (Phi) is 16.8. The first-order chi connectivity index (χ1) is 24.8. The first kappa shape index (κ1) is 46.5. The van der Waals surface area contributed by atoms with E-state index in [2.05, 4.69) is 36.0 Å². The minimum Gasteiger partial charge on any atom is -0.511 e. The van der Waals surface area contributed by atoms with Crippen LogP contribution in [-0.2, 0) is 47.8 Å². The number of aliphatic hydroxyl groups excluding tert-OH is 1. The summed E-state index contributed by atoms with van der Waals surface area (Å²) >= 11 is 6.95. The fourth-order valence-corrected chi connectivity index (χ4v) is 10.2. The van der Waals surface area contributed by atoms with E-state index in [4.69, 9.17) is 24.3 Å². The SMILES string of the molecule is C.COC1CCC2C(=O)C(c3c(C)cc(Br)cc3C)=C(O)C2C1.COC1CCC2C(OS(C)(=O)=O)=C(c3c(C)cc(Br)cc3C)C(=O)C2C1.COS(=O)Cl. The van der Waals surface area contributed by atoms with Gasteiger partial charge in [0.05, 0.1) is 36.7 Å². The van der Waals surface area contributed by atoms with E-state index in [0.29, 0.717) is 29.7 Å². The topological polar surface area (TPSA) is 142 Å². The van der Waals surface area contributed by atoms with Crippen LogP contribution in [0.3, 0.4) is 0 Å². The molecule has 1 N–H and O–H groups in total. The maximum absolute atomic E-state index is 13.3. The normalized spacial score (nSPS) is 25.5. The summed E-state index contributed by atoms with van der Waals surface area (Å²) in [4.78, 5) is 26.2. The number of benzene rings is 2. The van der Waals surface area contributed by atoms with Crippen molar-refractivity contribution in [2.75, 3.05) is 27.6 Å². The number of hydrogen-bond donors (Lipinski definition) is 1. The first-order valence-electron chi connectivity index (χ1n) is 17.2. The monoisotopic (exact) mass is 936 g/mol. The molecule has 0 radical (unpaired) electrons. The molecule has 6 rings (SSSR count). The van der Waals surface area contributed by atoms with E-state index in [1.165, 1.54) is 7.11 Å². The van der Waals surface area contributed by atoms with Gasteiger partial charge in [-0.3, -0.25) is 13.8 Å². The third-order valence-corrected chi connectivity index (χ3v) is 12.5. The van der Waals surface area contributed by atoms with E-state index in [9.17, 15) is 27.3 Å². The van der Waals surface area contributed by atoms with Crippen molar-refractivity contribution in [1.29, 1.82) is 0 Å². The van der Waals surface area contributed by atoms with Crippen LogP contribution in [0, 0.1) is 51.4 Å². The van der Waals surface area contributed by atoms with Crippen LogP contribution in [0.4, 0.5) is 0 Å². The number of carbonyl (C=O) groups is 2. The van der Waals surface area contributed by atoms with Gasteiger partial charge in [0.2, 0.25) is 0 Å². The predicted molar refractivity (Wildman–Crippen MR) is 221 cm³/mol. The lowest BCUT2D eigenvalue weighted by Crippen LogP contribution is -2.31. The average Bonchev–Trinajstić information content (AvgIpc) is 3.47. The summed E-state index contributed by atoms with van der Waals surface area (Å²) in [5, 5.41) is 10.7. The number of hydrogen-bond acceptors (Lipinski definition) is 10. The van der Waals surface area contributed by atoms with Gasteiger partial charge in [0.25, 0.3) is 10.3 Å². The van der Waals surface area contributed by atoms with Crippen LogP contribution in [0.1, 0.15) is 79.3 Å². The van der Waals surface area contributed by atoms with E-state index >= 15 is 0 Å². The molecule has 2 saturated carbocycles. The molecular formula is C39H51Br2ClO10S2. The van der Waals surface area contributed by atoms with Crippen LogP contribution >= 0.6 is 42.5 Å². The molecule has 10 nitrogen and oxygen atoms in total. The Bertz CT molecular complexity index is 1900. The molecule has 15 heteroatoms. The summed E-state index contributed by atoms with van der Waals surface area (Å²) in [6.45, 7) is 7.82. The fraction of sp³-hybridized carbons (Fsp3) is 0.538. The molecule has 54 heavy (non-hydrogen) atoms. The zero-order valence-electron chi connectivity index (χ0n) is 31.1. The van der Waals surface area contributed by atoms with Crippen molar-refractivity contribution in [2.45, 2.75) is 85.9 Å². The molecule has 0 amide bonds. The van der Waals surface area contributed by atoms with Crippen molar-refractivity contribution in [2.24, 2.45) is 23.7 Å². The molecule has 2 aromatic carbocycles. The second-order valence-corrected chi connectivity index (χ2v) is 18.9. The minimum atomic E-state index is -3.73. The van der Waals surface area contributed by atoms with E-state index in [1.807, 2.05) is 52.0 Å². The maximum Gasteiger partial charge on any atom is 0.305 e. The zero-order valence-corrected chi connectivity index (χ0v) is 36.6. The number of carbonyl (C=O) groups excluding carboxylic acids is 2. The quantitative estimate of drug-likeness (QED) is 0.211. The van der Waals surface area contributed by atoms with E-state index < -0.39 is 20.4 Å². The largest absolute Gasteiger partial charge is 0.511 e. The van der Waals surface area contributed by atoms with Crippen LogP contribution in [0.2, 0.25) is 0 Å². The number of rotatable bonds is 7. The van der Waals surface area contributed by atoms with Gasteiger partial charge in [0.1, 0.15) is 11.5 Å². The van der Waals surface area contributed by atoms with Crippen LogP contribution < -0.4 is 0 Å². The third-order valence-electron chi connectivity index (χ3n) is 10.5. The number of fused-ring (bicyclic) bond motifs is 2. The van der Waals surface area contributed by atoms with Crippen LogP contribution in [0.15, 0.2) is 44.7 Å². The summed E-state index contributed by atoms with van der Waals surface area (Å²) in [6.07, 6.45) is 5.66. The third kappa shape index (κ3) is 10.5. The van der Waals surface area contributed by atoms with Crippen molar-refractivity contribution >= 4 is 85.7 Å². The van der Waals surface area contributed by atoms with Gasteiger partial charge in [-0.2, -0.15) is 8.42 Å². The molecule has 4 aliphatic rings. The van der Waals surface area contributed by atoms with Crippen molar-refractivity contribution in [3.8, 4) is 0 Å². The summed E-state index contributed by atoms with van der Waals surface area (Å²) < 4.78 is 55.4. The molecule has 0 bridgehead atoms. The first-order valence-corrected chi connectivity index (χ1v) is 22.5. The molecule has 0 spiro atoms. The molecular weight excluding hydrogens is 888 g/mol. The Morgan fingerprint density at radius 1 is 0.722 bits per heavy atom. The van der Waals surface area contributed by atoms with Crippen molar-refractivity contribution in [3.63, 3.8) is 0 Å². The molecule has 0 saturated heterocycles. The Balaban J connectivity index is 0.000000256. The van der Waals surface area contributed by atoms with E-state index in [1.54, 1.807) is 14.2 Å². The lowest BCUT2D eigenvalue weighted by Gasteiger charge is -2.30. The molecule has 0 aliphatic heterocycles. The number of Topliss-reactive ketones (excluding diaryl/α,β-unsaturated/α-hetero) is 2. The van der Waals surface area contributed by atoms with Crippen molar-refractivity contribution < 1.29 is 45.2 Å². The van der Waals surface area contributed by atoms with Gasteiger partial charge in [-0.1, -0.05) is 39.3 Å². The highest BCUT2D eigenvalue weighted by atomic mass is 79.9. The van der Waals surface area contributed by atoms with Gasteiger partial charge in [-0.15, -0.1) is 0 Å². The predicted octanol–water partition coefficient (Wildman–Crippen LogP) is 9.20. The molecule has 0 heterocycles. The average molecular weight is 939 g/mol. The molecule has 300 valence electrons. The Morgan fingerprint density at radius 3 is 1.52 bits per heavy atom. The van der Waals surface area contributed by atoms with Gasteiger partial charge in [0, 0.05) is 57.5 Å². The molecule has 0 aromatic heterocycles. The maximum atomic E-state index is 13.3. The second-order valence-electron chi connectivity index (χ2n) is 14.0. The van der Waals surface area contributed by atoms with Crippen LogP contribution in [0.5, 0.6) is 0 Å². The van der Waals surface area contributed by atoms with E-state index in [0.717, 1.165) is 74.3 Å². The number of ether oxygens (including phenoxy) is 2. The lowest BCUT2D eigenvalue weighted by molar-refractivity contribution is -0.120. The van der Waals surface area contributed by atoms with Gasteiger partial charge < -0.3 is 18.8 Å². The number of ketones is 2. The molecule has 7 unspecified atom stereocenters. The van der Waals surface area contributed by atoms with Gasteiger partial charge in [-0.25, -0.2) is 4.21 Å². The molecule has 4 aliphatic carbocycles. The smallest absolute Gasteiger partial charge is 0.305 e. The van der Waals surface area contributed by atoms with Gasteiger partial charge in [0.15, 0.2) is 11.6 Å². The van der Waals surface area contributed by atoms with Crippen molar-refractivity contribution in [1.82, 2.24) is 0 Å². The number of aliphatic hydroxyl groups is 1. The Hall–Kier alpha value is -1.91. The van der Waals surface area contributed by atoms with Gasteiger partial charge >= 0.3 is 10.1 Å². The summed E-state index contributed by atoms with van der Waals surface area (Å²) in [5.74, 6) is -0.0122. The Labute approximate surface area is 343 Å². The number of allylic oxidation sites excluding steroid dienone is 4. The summed E-state index contributed by atoms with van der Waals surface area (Å²) in [7, 11) is 4.00. The summed E-state index contributed by atoms with van der Waals surface area (Å²) in [6, 6.07) is 7.85. The fourth-order valence-electron chi connectivity index (χ4n) is 8.28. The van der Waals surface area contributed by atoms with Crippen LogP contribution in [-0.4, -0.2) is 69.1 Å². The number of halogens is 3. The second kappa shape index (κ2) is 19.5. The molecule has 2 aromatic rings. The lowest BCUT2D eigenvalue weighted by atomic mass is 9.78. The minimum absolute atomic E-state index is 0. The standard InChI is InChI=1S/C19H23BrO5S.C18H21BrO3.CH3ClO2S.CH4/c1-10-7-12(20)8-11(2)16(10)17-18(21)15-9-13(24-3)5-6-14(15)19(17)25-26(4,22)23;1-9-6-11(19)7-10(2)15(9)16-17(20)13-5-4-12(22-3)8-14(13)18(16)21;1-4-5(2)3;/h7-8,13-15H,5-6,9H2,1-4H3;6-7,12-14,21H,4-5,8H2,1-3H3;1H3;1H4. The Morgan fingerprint density at radius 2 is 1.11 bits per heavy atom. The number of methoxy groups -OCH3 is 2. The zero-order chi connectivity index (χ0) is 39.5. The highest BCUT2D eigenvalue weighted by molar-refractivity contribution is 9.10. The highest BCUT2D eigenvalue weighted by Crippen LogP contribution is 2.50. The number of aryl methyl sites for hydroxylation is 4. The highest BCUT2D eigenvalue weighted by Gasteiger charge is 2.49. The van der Waals surface area contributed by atoms with Crippen LogP contribution in [0.25, 0.3) is 11.1 Å². The molecule has 2 fully saturated rings. The van der Waals surface area contributed by atoms with Crippen molar-refractivity contribution in [3.05, 3.63) is 78.1 Å². The van der Waals surface area contributed by atoms with E-state index in [-0.39, 0.29) is 60.6 Å². The van der Waals surface area contributed by atoms with Gasteiger partial charge in [-0.05, 0) is 124 Å². The summed E-state index contributed by atoms with van der Waals surface area (Å²) in [5.41, 5.74) is 6.49.